The summed E-state index contributed by atoms with van der Waals surface area (Å²) in [5, 5.41) is 0. The molecule has 0 spiro atoms. The Balaban J connectivity index is 2.59. The van der Waals surface area contributed by atoms with Gasteiger partial charge in [-0.1, -0.05) is 65.5 Å². The molecule has 0 fully saturated rings. The molecule has 1 unspecified atom stereocenters. The minimum absolute atomic E-state index is 0.0477. The fourth-order valence-electron chi connectivity index (χ4n) is 3.23. The van der Waals surface area contributed by atoms with Crippen LogP contribution in [0.5, 0.6) is 0 Å². The molecule has 1 aromatic carbocycles. The van der Waals surface area contributed by atoms with E-state index in [1.54, 1.807) is 6.07 Å². The van der Waals surface area contributed by atoms with E-state index in [0.717, 1.165) is 23.2 Å². The summed E-state index contributed by atoms with van der Waals surface area (Å²) >= 11 is 0. The van der Waals surface area contributed by atoms with E-state index in [1.165, 1.54) is 11.1 Å². The van der Waals surface area contributed by atoms with Crippen LogP contribution in [-0.4, -0.2) is 10.8 Å². The molecule has 0 N–H and O–H groups in total. The summed E-state index contributed by atoms with van der Waals surface area (Å²) in [6.07, 6.45) is 2.83. The van der Waals surface area contributed by atoms with Crippen LogP contribution in [0.15, 0.2) is 36.9 Å². The smallest absolute Gasteiger partial charge is 0.188 e. The lowest BCUT2D eigenvalue weighted by Crippen LogP contribution is -2.20. The average molecular weight is 335 g/mol. The molecular weight excluding hydrogens is 306 g/mol. The molecule has 0 saturated heterocycles. The molecule has 25 heavy (non-hydrogen) atoms. The van der Waals surface area contributed by atoms with Crippen LogP contribution in [0, 0.1) is 6.92 Å². The number of aryl methyl sites for hydroxylation is 2. The van der Waals surface area contributed by atoms with Crippen molar-refractivity contribution in [2.24, 2.45) is 0 Å². The first-order valence-corrected chi connectivity index (χ1v) is 8.96. The van der Waals surface area contributed by atoms with E-state index in [0.29, 0.717) is 5.69 Å². The minimum atomic E-state index is -0.229. The van der Waals surface area contributed by atoms with Gasteiger partial charge in [0.1, 0.15) is 5.69 Å². The Morgan fingerprint density at radius 3 is 2.48 bits per heavy atom. The molecule has 1 aromatic heterocycles. The van der Waals surface area contributed by atoms with Crippen LogP contribution >= 0.6 is 0 Å². The van der Waals surface area contributed by atoms with Crippen LogP contribution in [-0.2, 0) is 11.8 Å². The summed E-state index contributed by atoms with van der Waals surface area (Å²) in [6, 6.07) is 10.0. The number of nitrogens with zero attached hydrogens (tertiary/aromatic N) is 1. The van der Waals surface area contributed by atoms with E-state index < -0.39 is 0 Å². The van der Waals surface area contributed by atoms with Crippen molar-refractivity contribution in [3.05, 3.63) is 70.6 Å². The third-order valence-electron chi connectivity index (χ3n) is 4.72. The summed E-state index contributed by atoms with van der Waals surface area (Å²) in [5.41, 5.74) is 6.05. The van der Waals surface area contributed by atoms with Crippen molar-refractivity contribution in [2.75, 3.05) is 0 Å². The van der Waals surface area contributed by atoms with Crippen molar-refractivity contribution in [2.45, 2.75) is 59.3 Å². The molecule has 0 saturated carbocycles. The highest BCUT2D eigenvalue weighted by Gasteiger charge is 2.27. The summed E-state index contributed by atoms with van der Waals surface area (Å²) in [5.74, 6) is -0.157. The molecule has 0 aliphatic rings. The number of carbonyl (C=O) groups excluding carboxylic acids is 1. The molecule has 132 valence electrons. The Bertz CT molecular complexity index is 796. The second-order valence-corrected chi connectivity index (χ2v) is 7.70. The zero-order chi connectivity index (χ0) is 18.8. The molecule has 2 nitrogen and oxygen atoms in total. The maximum absolute atomic E-state index is 13.0. The third kappa shape index (κ3) is 4.07. The second kappa shape index (κ2) is 7.35. The molecule has 0 radical (unpaired) electrons. The van der Waals surface area contributed by atoms with E-state index in [2.05, 4.69) is 51.4 Å². The highest BCUT2D eigenvalue weighted by atomic mass is 16.1. The quantitative estimate of drug-likeness (QED) is 0.639. The van der Waals surface area contributed by atoms with Crippen molar-refractivity contribution in [1.82, 2.24) is 4.98 Å². The first kappa shape index (κ1) is 19.1. The largest absolute Gasteiger partial charge is 0.292 e. The zero-order valence-corrected chi connectivity index (χ0v) is 16.3. The van der Waals surface area contributed by atoms with Crippen molar-refractivity contribution in [1.29, 1.82) is 0 Å². The van der Waals surface area contributed by atoms with Crippen LogP contribution in [0.25, 0.3) is 6.08 Å². The minimum Gasteiger partial charge on any atom is -0.292 e. The number of hydrogen-bond acceptors (Lipinski definition) is 2. The molecule has 0 amide bonds. The second-order valence-electron chi connectivity index (χ2n) is 7.70. The summed E-state index contributed by atoms with van der Waals surface area (Å²) in [7, 11) is 0. The number of ketones is 1. The van der Waals surface area contributed by atoms with Crippen molar-refractivity contribution in [3.63, 3.8) is 0 Å². The highest BCUT2D eigenvalue weighted by molar-refractivity contribution is 5.99. The van der Waals surface area contributed by atoms with E-state index >= 15 is 0 Å². The Hall–Kier alpha value is -2.22. The van der Waals surface area contributed by atoms with Crippen LogP contribution in [0.2, 0.25) is 0 Å². The fraction of sp³-hybridized carbons (Fsp3) is 0.391. The number of aromatic nitrogens is 1. The van der Waals surface area contributed by atoms with Crippen LogP contribution in [0.4, 0.5) is 0 Å². The maximum Gasteiger partial charge on any atom is 0.188 e. The van der Waals surface area contributed by atoms with Gasteiger partial charge in [0, 0.05) is 11.6 Å². The average Bonchev–Trinajstić information content (AvgIpc) is 2.58. The Morgan fingerprint density at radius 1 is 1.28 bits per heavy atom. The number of pyridine rings is 1. The Kier molecular flexibility index (Phi) is 5.62. The molecule has 0 aliphatic heterocycles. The Morgan fingerprint density at radius 2 is 1.96 bits per heavy atom. The van der Waals surface area contributed by atoms with Crippen molar-refractivity contribution >= 4 is 11.9 Å². The zero-order valence-electron chi connectivity index (χ0n) is 16.3. The van der Waals surface area contributed by atoms with Crippen LogP contribution in [0.3, 0.4) is 0 Å². The normalized spacial score (nSPS) is 12.7. The van der Waals surface area contributed by atoms with Gasteiger partial charge in [-0.2, -0.15) is 0 Å². The van der Waals surface area contributed by atoms with Crippen molar-refractivity contribution in [3.8, 4) is 0 Å². The molecule has 2 rings (SSSR count). The Labute approximate surface area is 152 Å². The maximum atomic E-state index is 13.0. The SMILES string of the molecule is C=Cc1cc(C(C)(C)C)c(C(C)C(=O)c2cccc(C)n2)cc1CC. The number of benzene rings is 1. The van der Waals surface area contributed by atoms with Crippen LogP contribution in [0.1, 0.15) is 79.0 Å². The lowest BCUT2D eigenvalue weighted by Gasteiger charge is -2.27. The summed E-state index contributed by atoms with van der Waals surface area (Å²) in [4.78, 5) is 17.5. The number of Topliss-reactive ketones (excluding diaryl/α,β-unsaturated/α-hetero) is 1. The highest BCUT2D eigenvalue weighted by Crippen LogP contribution is 2.35. The van der Waals surface area contributed by atoms with E-state index in [4.69, 9.17) is 0 Å². The third-order valence-corrected chi connectivity index (χ3v) is 4.72. The molecule has 2 heteroatoms. The van der Waals surface area contributed by atoms with Gasteiger partial charge in [0.05, 0.1) is 0 Å². The summed E-state index contributed by atoms with van der Waals surface area (Å²) < 4.78 is 0. The molecular formula is C23H29NO. The predicted octanol–water partition coefficient (Wildman–Crippen LogP) is 5.88. The van der Waals surface area contributed by atoms with Gasteiger partial charge in [-0.25, -0.2) is 0 Å². The van der Waals surface area contributed by atoms with E-state index in [9.17, 15) is 4.79 Å². The van der Waals surface area contributed by atoms with Crippen LogP contribution < -0.4 is 0 Å². The predicted molar refractivity (Wildman–Crippen MR) is 106 cm³/mol. The van der Waals surface area contributed by atoms with Gasteiger partial charge in [-0.15, -0.1) is 0 Å². The molecule has 1 atom stereocenters. The van der Waals surface area contributed by atoms with Gasteiger partial charge < -0.3 is 0 Å². The first-order valence-electron chi connectivity index (χ1n) is 8.96. The first-order chi connectivity index (χ1) is 11.7. The number of hydrogen-bond donors (Lipinski definition) is 0. The van der Waals surface area contributed by atoms with Gasteiger partial charge in [-0.05, 0) is 53.1 Å². The lowest BCUT2D eigenvalue weighted by molar-refractivity contribution is 0.0960. The topological polar surface area (TPSA) is 30.0 Å². The lowest BCUT2D eigenvalue weighted by atomic mass is 9.77. The number of carbonyl (C=O) groups is 1. The van der Waals surface area contributed by atoms with E-state index in [1.807, 2.05) is 32.1 Å². The van der Waals surface area contributed by atoms with Crippen molar-refractivity contribution < 1.29 is 4.79 Å². The van der Waals surface area contributed by atoms with E-state index in [-0.39, 0.29) is 17.1 Å². The standard InChI is InChI=1S/C23H29NO/c1-8-17-13-19(20(23(5,6)7)14-18(17)9-2)16(4)22(25)21-12-10-11-15(3)24-21/h9-14,16H,2,8H2,1,3-7H3. The summed E-state index contributed by atoms with van der Waals surface area (Å²) in [6.45, 7) is 16.6. The molecule has 1 heterocycles. The fourth-order valence-corrected chi connectivity index (χ4v) is 3.23. The monoisotopic (exact) mass is 335 g/mol. The van der Waals surface area contributed by atoms with Gasteiger partial charge >= 0.3 is 0 Å². The van der Waals surface area contributed by atoms with Gasteiger partial charge in [0.25, 0.3) is 0 Å². The van der Waals surface area contributed by atoms with Gasteiger partial charge in [-0.3, -0.25) is 9.78 Å². The molecule has 0 aliphatic carbocycles. The van der Waals surface area contributed by atoms with Gasteiger partial charge in [0.2, 0.25) is 0 Å². The molecule has 0 bridgehead atoms. The number of rotatable bonds is 5. The van der Waals surface area contributed by atoms with Gasteiger partial charge in [0.15, 0.2) is 5.78 Å². The molecule has 2 aromatic rings.